The molecular formula is C35H45N7O7. The number of carbonyl (C=O) groups excluding carboxylic acids is 4. The van der Waals surface area contributed by atoms with Crippen molar-refractivity contribution in [2.24, 2.45) is 5.92 Å². The first kappa shape index (κ1) is 35.3. The number of aryl methyl sites for hydroxylation is 1. The van der Waals surface area contributed by atoms with Crippen molar-refractivity contribution in [2.75, 3.05) is 20.3 Å². The third kappa shape index (κ3) is 10.0. The Bertz CT molecular complexity index is 1580. The van der Waals surface area contributed by atoms with E-state index in [1.807, 2.05) is 30.3 Å². The number of nitrogens with one attached hydrogen (secondary N) is 4. The first-order valence-electron chi connectivity index (χ1n) is 16.9. The molecule has 14 nitrogen and oxygen atoms in total. The predicted octanol–water partition coefficient (Wildman–Crippen LogP) is 1.66. The van der Waals surface area contributed by atoms with Crippen LogP contribution in [0.4, 0.5) is 0 Å². The van der Waals surface area contributed by atoms with Gasteiger partial charge < -0.3 is 35.8 Å². The Morgan fingerprint density at radius 1 is 0.898 bits per heavy atom. The number of benzene rings is 2. The van der Waals surface area contributed by atoms with E-state index in [2.05, 4.69) is 31.6 Å². The number of hydrogen-bond acceptors (Lipinski definition) is 9. The Kier molecular flexibility index (Phi) is 12.6. The molecule has 5 N–H and O–H groups in total. The smallest absolute Gasteiger partial charge is 0.255 e. The molecule has 0 unspecified atom stereocenters. The number of aliphatic hydroxyl groups excluding tert-OH is 1. The van der Waals surface area contributed by atoms with Gasteiger partial charge in [-0.05, 0) is 36.1 Å². The lowest BCUT2D eigenvalue weighted by atomic mass is 9.84. The van der Waals surface area contributed by atoms with E-state index >= 15 is 0 Å². The molecule has 4 amide bonds. The van der Waals surface area contributed by atoms with E-state index in [9.17, 15) is 24.3 Å². The minimum absolute atomic E-state index is 0.0719. The summed E-state index contributed by atoms with van der Waals surface area (Å²) in [6.07, 6.45) is 7.79. The first-order valence-corrected chi connectivity index (χ1v) is 16.9. The molecule has 1 aliphatic heterocycles. The Balaban J connectivity index is 1.43. The highest BCUT2D eigenvalue weighted by molar-refractivity contribution is 6.00. The highest BCUT2D eigenvalue weighted by atomic mass is 16.5. The number of nitrogens with zero attached hydrogens (tertiary/aromatic N) is 3. The van der Waals surface area contributed by atoms with E-state index in [1.165, 1.54) is 7.11 Å². The van der Waals surface area contributed by atoms with Crippen molar-refractivity contribution >= 4 is 23.6 Å². The van der Waals surface area contributed by atoms with E-state index < -0.39 is 48.4 Å². The molecule has 5 rings (SSSR count). The number of amides is 4. The maximum absolute atomic E-state index is 13.8. The Labute approximate surface area is 285 Å². The number of aromatic nitrogens is 3. The maximum atomic E-state index is 13.8. The number of hydrogen-bond donors (Lipinski definition) is 5. The van der Waals surface area contributed by atoms with Crippen LogP contribution in [0, 0.1) is 5.92 Å². The number of rotatable bonds is 6. The summed E-state index contributed by atoms with van der Waals surface area (Å²) in [5.74, 6) is -1.41. The molecule has 3 atom stereocenters. The Morgan fingerprint density at radius 2 is 1.65 bits per heavy atom. The summed E-state index contributed by atoms with van der Waals surface area (Å²) in [6.45, 7) is 0.0793. The molecule has 2 bridgehead atoms. The molecule has 1 fully saturated rings. The second kappa shape index (κ2) is 17.4. The van der Waals surface area contributed by atoms with Gasteiger partial charge in [-0.3, -0.25) is 23.9 Å². The van der Waals surface area contributed by atoms with E-state index in [-0.39, 0.29) is 31.1 Å². The molecule has 2 aromatic carbocycles. The lowest BCUT2D eigenvalue weighted by molar-refractivity contribution is -0.133. The number of fused-ring (bicyclic) bond motifs is 3. The van der Waals surface area contributed by atoms with Gasteiger partial charge in [-0.2, -0.15) is 0 Å². The quantitative estimate of drug-likeness (QED) is 0.259. The van der Waals surface area contributed by atoms with Gasteiger partial charge in [-0.25, -0.2) is 0 Å². The van der Waals surface area contributed by atoms with Gasteiger partial charge in [0.05, 0.1) is 38.6 Å². The van der Waals surface area contributed by atoms with Crippen LogP contribution in [0.15, 0.2) is 54.7 Å². The lowest BCUT2D eigenvalue weighted by Crippen LogP contribution is -2.58. The van der Waals surface area contributed by atoms with Crippen LogP contribution in [0.25, 0.3) is 0 Å². The largest absolute Gasteiger partial charge is 0.497 e. The zero-order chi connectivity index (χ0) is 34.6. The number of carbonyl (C=O) groups is 4. The van der Waals surface area contributed by atoms with Gasteiger partial charge in [-0.15, -0.1) is 5.10 Å². The van der Waals surface area contributed by atoms with Crippen molar-refractivity contribution in [1.82, 2.24) is 36.3 Å². The monoisotopic (exact) mass is 675 g/mol. The minimum atomic E-state index is -1.38. The molecule has 0 saturated heterocycles. The maximum Gasteiger partial charge on any atom is 0.255 e. The van der Waals surface area contributed by atoms with Gasteiger partial charge in [-0.1, -0.05) is 67.6 Å². The minimum Gasteiger partial charge on any atom is -0.497 e. The fourth-order valence-electron chi connectivity index (χ4n) is 6.20. The zero-order valence-electron chi connectivity index (χ0n) is 27.7. The van der Waals surface area contributed by atoms with Gasteiger partial charge >= 0.3 is 0 Å². The standard InChI is InChI=1S/C35H45N7O7/c1-48-26-13-14-31-27(19-26)32(44)37-29(18-24-11-6-3-7-12-24)34(46)39-30(22-43)35(47)38-28(17-23-9-4-2-5-10-23)33(45)36-20-25-21-42(41-40-25)15-8-16-49-31/h2,4-5,9-10,13-14,19,21,24,28-30,43H,3,6-8,11-12,15-18,20,22H2,1H3,(H,36,45)(H,37,44)(H,38,47)(H,39,46)/t28-,29-,30-/m0/s1. The molecule has 0 radical (unpaired) electrons. The highest BCUT2D eigenvalue weighted by Crippen LogP contribution is 2.29. The van der Waals surface area contributed by atoms with Crippen molar-refractivity contribution in [3.63, 3.8) is 0 Å². The molecule has 262 valence electrons. The van der Waals surface area contributed by atoms with Crippen LogP contribution in [0.5, 0.6) is 11.5 Å². The fourth-order valence-corrected chi connectivity index (χ4v) is 6.20. The van der Waals surface area contributed by atoms with Crippen LogP contribution in [-0.2, 0) is 33.9 Å². The summed E-state index contributed by atoms with van der Waals surface area (Å²) in [6, 6.07) is 10.7. The van der Waals surface area contributed by atoms with Crippen LogP contribution in [-0.4, -0.2) is 82.2 Å². The third-order valence-corrected chi connectivity index (χ3v) is 8.90. The molecule has 1 saturated carbocycles. The molecule has 3 aromatic rings. The fraction of sp³-hybridized carbons (Fsp3) is 0.486. The average molecular weight is 676 g/mol. The first-order chi connectivity index (χ1) is 23.8. The summed E-state index contributed by atoms with van der Waals surface area (Å²) >= 11 is 0. The van der Waals surface area contributed by atoms with E-state index in [0.29, 0.717) is 36.6 Å². The predicted molar refractivity (Wildman–Crippen MR) is 179 cm³/mol. The van der Waals surface area contributed by atoms with Crippen molar-refractivity contribution in [2.45, 2.75) is 82.6 Å². The number of ether oxygens (including phenoxy) is 2. The van der Waals surface area contributed by atoms with Gasteiger partial charge in [0.15, 0.2) is 0 Å². The number of methoxy groups -OCH3 is 1. The lowest BCUT2D eigenvalue weighted by Gasteiger charge is -2.28. The molecular weight excluding hydrogens is 630 g/mol. The van der Waals surface area contributed by atoms with Crippen molar-refractivity contribution < 1.29 is 33.8 Å². The molecule has 1 aliphatic carbocycles. The van der Waals surface area contributed by atoms with Crippen LogP contribution in [0.3, 0.4) is 0 Å². The molecule has 49 heavy (non-hydrogen) atoms. The zero-order valence-corrected chi connectivity index (χ0v) is 27.7. The second-order valence-corrected chi connectivity index (χ2v) is 12.5. The van der Waals surface area contributed by atoms with E-state index in [1.54, 1.807) is 29.1 Å². The Morgan fingerprint density at radius 3 is 2.41 bits per heavy atom. The van der Waals surface area contributed by atoms with Gasteiger partial charge in [0.2, 0.25) is 17.7 Å². The van der Waals surface area contributed by atoms with Crippen LogP contribution in [0.1, 0.15) is 66.6 Å². The summed E-state index contributed by atoms with van der Waals surface area (Å²) in [5, 5.41) is 29.6. The second-order valence-electron chi connectivity index (χ2n) is 12.5. The molecule has 1 aromatic heterocycles. The highest BCUT2D eigenvalue weighted by Gasteiger charge is 2.32. The van der Waals surface area contributed by atoms with E-state index in [0.717, 1.165) is 37.7 Å². The summed E-state index contributed by atoms with van der Waals surface area (Å²) in [5.41, 5.74) is 1.52. The topological polar surface area (TPSA) is 186 Å². The molecule has 14 heteroatoms. The molecule has 2 heterocycles. The van der Waals surface area contributed by atoms with Crippen molar-refractivity contribution in [3.05, 3.63) is 71.5 Å². The Hall–Kier alpha value is -4.98. The summed E-state index contributed by atoms with van der Waals surface area (Å²) in [4.78, 5) is 54.6. The molecule has 2 aliphatic rings. The van der Waals surface area contributed by atoms with Crippen LogP contribution in [0.2, 0.25) is 0 Å². The van der Waals surface area contributed by atoms with Crippen LogP contribution >= 0.6 is 0 Å². The van der Waals surface area contributed by atoms with E-state index in [4.69, 9.17) is 9.47 Å². The average Bonchev–Trinajstić information content (AvgIpc) is 3.58. The SMILES string of the molecule is COc1ccc2c(c1)C(=O)N[C@@H](CC1CCCCC1)C(=O)N[C@@H](CO)C(=O)N[C@@H](Cc1ccccc1)C(=O)NCc1cn(nn1)CCCO2. The van der Waals surface area contributed by atoms with Crippen molar-refractivity contribution in [1.29, 1.82) is 0 Å². The van der Waals surface area contributed by atoms with Gasteiger partial charge in [0, 0.05) is 19.4 Å². The van der Waals surface area contributed by atoms with Gasteiger partial charge in [0.25, 0.3) is 5.91 Å². The normalized spacial score (nSPS) is 21.9. The van der Waals surface area contributed by atoms with Gasteiger partial charge in [0.1, 0.15) is 35.3 Å². The molecule has 0 spiro atoms. The summed E-state index contributed by atoms with van der Waals surface area (Å²) in [7, 11) is 1.49. The van der Waals surface area contributed by atoms with Crippen LogP contribution < -0.4 is 30.7 Å². The number of aliphatic hydroxyl groups is 1. The van der Waals surface area contributed by atoms with Crippen molar-refractivity contribution in [3.8, 4) is 11.5 Å². The third-order valence-electron chi connectivity index (χ3n) is 8.90. The summed E-state index contributed by atoms with van der Waals surface area (Å²) < 4.78 is 13.0.